The van der Waals surface area contributed by atoms with Crippen LogP contribution in [0.3, 0.4) is 0 Å². The molecular formula is C16H23NO2. The van der Waals surface area contributed by atoms with Gasteiger partial charge in [-0.05, 0) is 49.9 Å². The Bertz CT molecular complexity index is 409. The van der Waals surface area contributed by atoms with Crippen LogP contribution in [0.25, 0.3) is 0 Å². The minimum Gasteiger partial charge on any atom is -0.491 e. The molecule has 3 rings (SSSR count). The molecule has 3 heteroatoms. The first kappa shape index (κ1) is 12.8. The number of nitrogens with two attached hydrogens (primary N) is 1. The van der Waals surface area contributed by atoms with Crippen LogP contribution in [0.15, 0.2) is 24.3 Å². The van der Waals surface area contributed by atoms with E-state index >= 15 is 0 Å². The van der Waals surface area contributed by atoms with E-state index in [2.05, 4.69) is 0 Å². The lowest BCUT2D eigenvalue weighted by Crippen LogP contribution is -2.32. The summed E-state index contributed by atoms with van der Waals surface area (Å²) in [6.45, 7) is 0.658. The van der Waals surface area contributed by atoms with Gasteiger partial charge in [0.15, 0.2) is 0 Å². The Morgan fingerprint density at radius 2 is 1.84 bits per heavy atom. The molecule has 1 unspecified atom stereocenters. The van der Waals surface area contributed by atoms with E-state index in [1.165, 1.54) is 38.5 Å². The second-order valence-electron chi connectivity index (χ2n) is 5.90. The smallest absolute Gasteiger partial charge is 0.119 e. The second-order valence-corrected chi connectivity index (χ2v) is 5.90. The first-order valence-electron chi connectivity index (χ1n) is 7.42. The Kier molecular flexibility index (Phi) is 3.65. The Morgan fingerprint density at radius 1 is 1.11 bits per heavy atom. The summed E-state index contributed by atoms with van der Waals surface area (Å²) in [5.41, 5.74) is 6.62. The van der Waals surface area contributed by atoms with Crippen molar-refractivity contribution in [2.24, 2.45) is 0 Å². The zero-order valence-corrected chi connectivity index (χ0v) is 11.4. The largest absolute Gasteiger partial charge is 0.491 e. The van der Waals surface area contributed by atoms with Gasteiger partial charge < -0.3 is 15.2 Å². The fourth-order valence-corrected chi connectivity index (χ4v) is 3.33. The highest BCUT2D eigenvalue weighted by atomic mass is 16.6. The molecule has 1 aliphatic carbocycles. The van der Waals surface area contributed by atoms with Crippen LogP contribution < -0.4 is 10.5 Å². The predicted molar refractivity (Wildman–Crippen MR) is 76.3 cm³/mol. The van der Waals surface area contributed by atoms with Gasteiger partial charge in [0, 0.05) is 5.69 Å². The van der Waals surface area contributed by atoms with Crippen LogP contribution >= 0.6 is 0 Å². The molecule has 1 aliphatic heterocycles. The monoisotopic (exact) mass is 261 g/mol. The molecule has 1 saturated heterocycles. The molecule has 104 valence electrons. The summed E-state index contributed by atoms with van der Waals surface area (Å²) in [4.78, 5) is 0. The molecular weight excluding hydrogens is 238 g/mol. The minimum atomic E-state index is 0.188. The first-order chi connectivity index (χ1) is 9.26. The number of hydrogen-bond donors (Lipinski definition) is 1. The molecule has 1 heterocycles. The van der Waals surface area contributed by atoms with Crippen molar-refractivity contribution in [3.8, 4) is 5.75 Å². The summed E-state index contributed by atoms with van der Waals surface area (Å²) >= 11 is 0. The van der Waals surface area contributed by atoms with E-state index in [4.69, 9.17) is 15.2 Å². The van der Waals surface area contributed by atoms with E-state index < -0.39 is 0 Å². The average Bonchev–Trinajstić information content (AvgIpc) is 2.82. The van der Waals surface area contributed by atoms with Gasteiger partial charge in [-0.25, -0.2) is 0 Å². The van der Waals surface area contributed by atoms with E-state index in [-0.39, 0.29) is 11.7 Å². The molecule has 1 atom stereocenters. The normalized spacial score (nSPS) is 25.6. The molecule has 2 N–H and O–H groups in total. The lowest BCUT2D eigenvalue weighted by atomic mass is 9.83. The quantitative estimate of drug-likeness (QED) is 0.847. The van der Waals surface area contributed by atoms with Gasteiger partial charge in [-0.2, -0.15) is 0 Å². The van der Waals surface area contributed by atoms with Crippen molar-refractivity contribution in [1.29, 1.82) is 0 Å². The van der Waals surface area contributed by atoms with Crippen molar-refractivity contribution >= 4 is 5.69 Å². The van der Waals surface area contributed by atoms with Gasteiger partial charge >= 0.3 is 0 Å². The molecule has 1 spiro atoms. The third kappa shape index (κ3) is 3.03. The highest BCUT2D eigenvalue weighted by Crippen LogP contribution is 2.41. The van der Waals surface area contributed by atoms with Crippen LogP contribution in [0.5, 0.6) is 5.75 Å². The summed E-state index contributed by atoms with van der Waals surface area (Å²) in [5.74, 6) is 0.877. The third-order valence-corrected chi connectivity index (χ3v) is 4.42. The van der Waals surface area contributed by atoms with Crippen molar-refractivity contribution in [1.82, 2.24) is 0 Å². The summed E-state index contributed by atoms with van der Waals surface area (Å²) < 4.78 is 12.1. The molecule has 0 amide bonds. The number of benzene rings is 1. The zero-order valence-electron chi connectivity index (χ0n) is 11.4. The molecule has 0 radical (unpaired) electrons. The maximum Gasteiger partial charge on any atom is 0.119 e. The number of hydrogen-bond acceptors (Lipinski definition) is 3. The Hall–Kier alpha value is -1.22. The number of rotatable bonds is 3. The second kappa shape index (κ2) is 5.41. The molecule has 19 heavy (non-hydrogen) atoms. The number of ether oxygens (including phenoxy) is 2. The first-order valence-corrected chi connectivity index (χ1v) is 7.42. The van der Waals surface area contributed by atoms with Crippen molar-refractivity contribution in [3.63, 3.8) is 0 Å². The van der Waals surface area contributed by atoms with Gasteiger partial charge in [0.25, 0.3) is 0 Å². The zero-order chi connectivity index (χ0) is 13.1. The van der Waals surface area contributed by atoms with Gasteiger partial charge in [0.05, 0.1) is 11.7 Å². The number of anilines is 1. The molecule has 1 aromatic rings. The van der Waals surface area contributed by atoms with Crippen LogP contribution in [0, 0.1) is 0 Å². The van der Waals surface area contributed by atoms with Crippen LogP contribution in [-0.2, 0) is 4.74 Å². The van der Waals surface area contributed by atoms with E-state index in [1.54, 1.807) is 0 Å². The van der Waals surface area contributed by atoms with Crippen molar-refractivity contribution in [2.75, 3.05) is 12.3 Å². The Morgan fingerprint density at radius 3 is 2.58 bits per heavy atom. The molecule has 0 bridgehead atoms. The maximum absolute atomic E-state index is 6.29. The van der Waals surface area contributed by atoms with Gasteiger partial charge in [0.2, 0.25) is 0 Å². The Labute approximate surface area is 115 Å². The molecule has 1 saturated carbocycles. The minimum absolute atomic E-state index is 0.188. The van der Waals surface area contributed by atoms with Crippen molar-refractivity contribution < 1.29 is 9.47 Å². The highest BCUT2D eigenvalue weighted by Gasteiger charge is 2.40. The SMILES string of the molecule is Nc1ccc(OCC2CCC3(CCCCC3)O2)cc1. The van der Waals surface area contributed by atoms with E-state index in [1.807, 2.05) is 24.3 Å². The molecule has 2 fully saturated rings. The molecule has 1 aromatic carbocycles. The van der Waals surface area contributed by atoms with E-state index in [0.29, 0.717) is 6.61 Å². The van der Waals surface area contributed by atoms with Crippen molar-refractivity contribution in [3.05, 3.63) is 24.3 Å². The van der Waals surface area contributed by atoms with Gasteiger partial charge in [0.1, 0.15) is 12.4 Å². The topological polar surface area (TPSA) is 44.5 Å². The summed E-state index contributed by atoms with van der Waals surface area (Å²) in [6.07, 6.45) is 9.11. The third-order valence-electron chi connectivity index (χ3n) is 4.42. The van der Waals surface area contributed by atoms with Crippen LogP contribution in [0.2, 0.25) is 0 Å². The van der Waals surface area contributed by atoms with Crippen LogP contribution in [0.4, 0.5) is 5.69 Å². The lowest BCUT2D eigenvalue weighted by Gasteiger charge is -2.33. The van der Waals surface area contributed by atoms with E-state index in [0.717, 1.165) is 17.9 Å². The summed E-state index contributed by atoms with van der Waals surface area (Å²) in [6, 6.07) is 7.57. The van der Waals surface area contributed by atoms with Gasteiger partial charge in [-0.15, -0.1) is 0 Å². The standard InChI is InChI=1S/C16H23NO2/c17-13-4-6-14(7-5-13)18-12-15-8-11-16(19-15)9-2-1-3-10-16/h4-7,15H,1-3,8-12,17H2. The molecule has 0 aromatic heterocycles. The Balaban J connectivity index is 1.50. The lowest BCUT2D eigenvalue weighted by molar-refractivity contribution is -0.0748. The molecule has 3 nitrogen and oxygen atoms in total. The molecule has 2 aliphatic rings. The average molecular weight is 261 g/mol. The number of nitrogen functional groups attached to an aromatic ring is 1. The van der Waals surface area contributed by atoms with Crippen LogP contribution in [-0.4, -0.2) is 18.3 Å². The van der Waals surface area contributed by atoms with Crippen LogP contribution in [0.1, 0.15) is 44.9 Å². The van der Waals surface area contributed by atoms with E-state index in [9.17, 15) is 0 Å². The fourth-order valence-electron chi connectivity index (χ4n) is 3.33. The maximum atomic E-state index is 6.29. The summed E-state index contributed by atoms with van der Waals surface area (Å²) in [7, 11) is 0. The fraction of sp³-hybridized carbons (Fsp3) is 0.625. The van der Waals surface area contributed by atoms with Crippen molar-refractivity contribution in [2.45, 2.75) is 56.7 Å². The highest BCUT2D eigenvalue weighted by molar-refractivity contribution is 5.41. The predicted octanol–water partition coefficient (Wildman–Crippen LogP) is 3.53. The van der Waals surface area contributed by atoms with Gasteiger partial charge in [-0.1, -0.05) is 19.3 Å². The summed E-state index contributed by atoms with van der Waals surface area (Å²) in [5, 5.41) is 0. The van der Waals surface area contributed by atoms with Gasteiger partial charge in [-0.3, -0.25) is 0 Å².